The highest BCUT2D eigenvalue weighted by molar-refractivity contribution is 4.93. The van der Waals surface area contributed by atoms with Crippen molar-refractivity contribution in [2.24, 2.45) is 0 Å². The molecule has 0 aromatic heterocycles. The smallest absolute Gasteiger partial charge is 0.0481 e. The molecule has 0 radical (unpaired) electrons. The predicted octanol–water partition coefficient (Wildman–Crippen LogP) is -0.0583. The molecule has 2 unspecified atom stereocenters. The third-order valence-electron chi connectivity index (χ3n) is 3.28. The topological polar surface area (TPSA) is 18.5 Å². The van der Waals surface area contributed by atoms with Gasteiger partial charge in [0, 0.05) is 31.8 Å². The van der Waals surface area contributed by atoms with Gasteiger partial charge >= 0.3 is 0 Å². The Morgan fingerprint density at radius 3 is 2.50 bits per heavy atom. The van der Waals surface area contributed by atoms with E-state index < -0.39 is 0 Å². The van der Waals surface area contributed by atoms with Crippen LogP contribution >= 0.6 is 0 Å². The lowest BCUT2D eigenvalue weighted by Crippen LogP contribution is -2.62. The van der Waals surface area contributed by atoms with E-state index in [4.69, 9.17) is 0 Å². The molecule has 0 saturated carbocycles. The van der Waals surface area contributed by atoms with E-state index >= 15 is 0 Å². The molecule has 3 fully saturated rings. The zero-order valence-corrected chi connectivity index (χ0v) is 8.08. The van der Waals surface area contributed by atoms with Crippen molar-refractivity contribution in [3.8, 4) is 0 Å². The number of piperazine rings is 1. The molecular weight excluding hydrogens is 150 g/mol. The predicted molar refractivity (Wildman–Crippen MR) is 50.1 cm³/mol. The average Bonchev–Trinajstić information content (AvgIpc) is 2.07. The van der Waals surface area contributed by atoms with Crippen molar-refractivity contribution < 1.29 is 0 Å². The minimum Gasteiger partial charge on any atom is -0.307 e. The molecule has 3 rings (SSSR count). The summed E-state index contributed by atoms with van der Waals surface area (Å²) < 4.78 is 0. The Labute approximate surface area is 74.7 Å². The first kappa shape index (κ1) is 8.48. The second kappa shape index (κ2) is 3.32. The van der Waals surface area contributed by atoms with Crippen LogP contribution in [0.15, 0.2) is 0 Å². The number of hydrogen-bond acceptors (Lipinski definition) is 3. The van der Waals surface area contributed by atoms with E-state index in [1.54, 1.807) is 0 Å². The Kier molecular flexibility index (Phi) is 2.35. The van der Waals surface area contributed by atoms with Gasteiger partial charge in [-0.05, 0) is 26.9 Å². The summed E-state index contributed by atoms with van der Waals surface area (Å²) in [6.45, 7) is 3.60. The summed E-state index contributed by atoms with van der Waals surface area (Å²) in [7, 11) is 4.29. The zero-order valence-electron chi connectivity index (χ0n) is 8.08. The molecule has 12 heavy (non-hydrogen) atoms. The molecule has 3 nitrogen and oxygen atoms in total. The van der Waals surface area contributed by atoms with Crippen LogP contribution in [0.5, 0.6) is 0 Å². The third-order valence-corrected chi connectivity index (χ3v) is 3.28. The standard InChI is InChI=1S/C9H19N3/c1-10-7-12-6-8-3-4-9(12)5-11(8)2/h8-10H,3-7H2,1-2H3. The lowest BCUT2D eigenvalue weighted by Gasteiger charge is -2.50. The minimum atomic E-state index is 0.812. The van der Waals surface area contributed by atoms with Gasteiger partial charge in [0.2, 0.25) is 0 Å². The normalized spacial score (nSPS) is 37.5. The Hall–Kier alpha value is -0.120. The summed E-state index contributed by atoms with van der Waals surface area (Å²) in [5.74, 6) is 0. The number of nitrogens with zero attached hydrogens (tertiary/aromatic N) is 2. The van der Waals surface area contributed by atoms with Gasteiger partial charge in [0.25, 0.3) is 0 Å². The summed E-state index contributed by atoms with van der Waals surface area (Å²) in [5, 5.41) is 3.24. The highest BCUT2D eigenvalue weighted by Gasteiger charge is 2.36. The van der Waals surface area contributed by atoms with Gasteiger partial charge in [-0.1, -0.05) is 0 Å². The molecule has 0 aromatic rings. The molecule has 0 aromatic carbocycles. The highest BCUT2D eigenvalue weighted by atomic mass is 15.3. The number of hydrogen-bond donors (Lipinski definition) is 1. The van der Waals surface area contributed by atoms with Crippen molar-refractivity contribution in [1.82, 2.24) is 15.1 Å². The number of likely N-dealkylation sites (N-methyl/N-ethyl adjacent to an activating group) is 1. The fraction of sp³-hybridized carbons (Fsp3) is 1.00. The van der Waals surface area contributed by atoms with Gasteiger partial charge in [-0.15, -0.1) is 0 Å². The summed E-state index contributed by atoms with van der Waals surface area (Å²) >= 11 is 0. The van der Waals surface area contributed by atoms with Crippen LogP contribution in [0.2, 0.25) is 0 Å². The minimum absolute atomic E-state index is 0.812. The number of fused-ring (bicyclic) bond motifs is 3. The van der Waals surface area contributed by atoms with Crippen LogP contribution in [0.25, 0.3) is 0 Å². The van der Waals surface area contributed by atoms with Gasteiger partial charge < -0.3 is 10.2 Å². The van der Waals surface area contributed by atoms with Crippen molar-refractivity contribution >= 4 is 0 Å². The van der Waals surface area contributed by atoms with Crippen molar-refractivity contribution in [2.75, 3.05) is 33.9 Å². The van der Waals surface area contributed by atoms with E-state index in [0.717, 1.165) is 18.8 Å². The monoisotopic (exact) mass is 169 g/mol. The molecule has 3 saturated heterocycles. The number of nitrogens with one attached hydrogen (secondary N) is 1. The van der Waals surface area contributed by atoms with Crippen LogP contribution < -0.4 is 5.32 Å². The van der Waals surface area contributed by atoms with Gasteiger partial charge in [-0.25, -0.2) is 0 Å². The molecule has 0 spiro atoms. The van der Waals surface area contributed by atoms with Crippen LogP contribution in [-0.4, -0.2) is 55.7 Å². The maximum absolute atomic E-state index is 3.24. The number of piperidine rings is 2. The maximum atomic E-state index is 3.24. The highest BCUT2D eigenvalue weighted by Crippen LogP contribution is 2.26. The first-order valence-corrected chi connectivity index (χ1v) is 4.90. The Balaban J connectivity index is 1.96. The average molecular weight is 169 g/mol. The molecule has 3 heteroatoms. The third kappa shape index (κ3) is 1.37. The Morgan fingerprint density at radius 1 is 1.25 bits per heavy atom. The van der Waals surface area contributed by atoms with E-state index in [0.29, 0.717) is 0 Å². The van der Waals surface area contributed by atoms with E-state index in [1.807, 2.05) is 7.05 Å². The van der Waals surface area contributed by atoms with Gasteiger partial charge in [0.1, 0.15) is 0 Å². The fourth-order valence-electron chi connectivity index (χ4n) is 2.52. The molecule has 3 aliphatic heterocycles. The van der Waals surface area contributed by atoms with Crippen LogP contribution in [0.3, 0.4) is 0 Å². The van der Waals surface area contributed by atoms with E-state index in [9.17, 15) is 0 Å². The van der Waals surface area contributed by atoms with E-state index in [1.165, 1.54) is 25.9 Å². The maximum Gasteiger partial charge on any atom is 0.0481 e. The second-order valence-corrected chi connectivity index (χ2v) is 4.11. The zero-order chi connectivity index (χ0) is 8.55. The lowest BCUT2D eigenvalue weighted by molar-refractivity contribution is -0.00926. The molecule has 2 atom stereocenters. The van der Waals surface area contributed by atoms with Crippen molar-refractivity contribution in [3.63, 3.8) is 0 Å². The Morgan fingerprint density at radius 2 is 2.00 bits per heavy atom. The van der Waals surface area contributed by atoms with Gasteiger partial charge in [-0.2, -0.15) is 0 Å². The molecule has 1 N–H and O–H groups in total. The van der Waals surface area contributed by atoms with Crippen molar-refractivity contribution in [1.29, 1.82) is 0 Å². The summed E-state index contributed by atoms with van der Waals surface area (Å²) in [5.41, 5.74) is 0. The summed E-state index contributed by atoms with van der Waals surface area (Å²) in [6, 6.07) is 1.63. The molecule has 0 amide bonds. The van der Waals surface area contributed by atoms with Crippen molar-refractivity contribution in [2.45, 2.75) is 24.9 Å². The SMILES string of the molecule is CNCN1CC2CCC1CN2C. The summed E-state index contributed by atoms with van der Waals surface area (Å²) in [6.07, 6.45) is 2.80. The van der Waals surface area contributed by atoms with Crippen molar-refractivity contribution in [3.05, 3.63) is 0 Å². The van der Waals surface area contributed by atoms with Gasteiger partial charge in [0.05, 0.1) is 0 Å². The van der Waals surface area contributed by atoms with Crippen LogP contribution in [-0.2, 0) is 0 Å². The molecule has 0 aliphatic carbocycles. The first-order chi connectivity index (χ1) is 5.81. The van der Waals surface area contributed by atoms with Gasteiger partial charge in [0.15, 0.2) is 0 Å². The van der Waals surface area contributed by atoms with E-state index in [-0.39, 0.29) is 0 Å². The second-order valence-electron chi connectivity index (χ2n) is 4.11. The number of rotatable bonds is 2. The molecule has 2 bridgehead atoms. The van der Waals surface area contributed by atoms with Crippen LogP contribution in [0.4, 0.5) is 0 Å². The molecule has 70 valence electrons. The Bertz CT molecular complexity index is 158. The molecule has 3 heterocycles. The largest absolute Gasteiger partial charge is 0.307 e. The fourth-order valence-corrected chi connectivity index (χ4v) is 2.52. The molecular formula is C9H19N3. The lowest BCUT2D eigenvalue weighted by atomic mass is 9.92. The summed E-state index contributed by atoms with van der Waals surface area (Å²) in [4.78, 5) is 5.09. The van der Waals surface area contributed by atoms with Crippen LogP contribution in [0, 0.1) is 0 Å². The van der Waals surface area contributed by atoms with Crippen LogP contribution in [0.1, 0.15) is 12.8 Å². The van der Waals surface area contributed by atoms with Gasteiger partial charge in [-0.3, -0.25) is 4.90 Å². The van der Waals surface area contributed by atoms with E-state index in [2.05, 4.69) is 22.2 Å². The quantitative estimate of drug-likeness (QED) is 0.625. The molecule has 3 aliphatic rings. The first-order valence-electron chi connectivity index (χ1n) is 4.90.